The van der Waals surface area contributed by atoms with Crippen LogP contribution >= 0.6 is 0 Å². The molecular weight excluding hydrogens is 315 g/mol. The zero-order valence-electron chi connectivity index (χ0n) is 13.5. The number of carbonyl (C=O) groups is 1. The highest BCUT2D eigenvalue weighted by Crippen LogP contribution is 2.27. The van der Waals surface area contributed by atoms with Gasteiger partial charge in [-0.25, -0.2) is 14.2 Å². The largest absolute Gasteiger partial charge is 0.477 e. The lowest BCUT2D eigenvalue weighted by Crippen LogP contribution is -2.31. The quantitative estimate of drug-likeness (QED) is 0.874. The number of carboxylic acids is 1. The number of anilines is 1. The highest BCUT2D eigenvalue weighted by Gasteiger charge is 2.30. The minimum atomic E-state index is -1.34. The maximum absolute atomic E-state index is 14.6. The molecule has 1 aliphatic heterocycles. The van der Waals surface area contributed by atoms with E-state index >= 15 is 0 Å². The molecule has 3 rings (SSSR count). The Morgan fingerprint density at radius 3 is 2.79 bits per heavy atom. The molecule has 1 aliphatic rings. The average molecular weight is 334 g/mol. The van der Waals surface area contributed by atoms with Crippen molar-refractivity contribution in [3.63, 3.8) is 0 Å². The number of halogens is 1. The highest BCUT2D eigenvalue weighted by molar-refractivity contribution is 5.92. The van der Waals surface area contributed by atoms with Crippen LogP contribution in [0.1, 0.15) is 30.6 Å². The first-order valence-electron chi connectivity index (χ1n) is 7.82. The van der Waals surface area contributed by atoms with Crippen LogP contribution in [0.4, 0.5) is 10.2 Å². The second kappa shape index (κ2) is 5.86. The van der Waals surface area contributed by atoms with Gasteiger partial charge in [-0.2, -0.15) is 0 Å². The van der Waals surface area contributed by atoms with Gasteiger partial charge in [-0.15, -0.1) is 0 Å². The third kappa shape index (κ3) is 2.52. The van der Waals surface area contributed by atoms with Crippen LogP contribution in [0.15, 0.2) is 17.1 Å². The molecule has 2 atom stereocenters. The molecule has 7 nitrogen and oxygen atoms in total. The highest BCUT2D eigenvalue weighted by atomic mass is 19.1. The van der Waals surface area contributed by atoms with Gasteiger partial charge in [-0.1, -0.05) is 0 Å². The predicted octanol–water partition coefficient (Wildman–Crippen LogP) is 1.18. The molecule has 0 spiro atoms. The molecule has 1 fully saturated rings. The van der Waals surface area contributed by atoms with Crippen molar-refractivity contribution in [1.82, 2.24) is 9.55 Å². The lowest BCUT2D eigenvalue weighted by Gasteiger charge is -2.23. The maximum Gasteiger partial charge on any atom is 0.341 e. The van der Waals surface area contributed by atoms with E-state index in [1.54, 1.807) is 16.4 Å². The smallest absolute Gasteiger partial charge is 0.341 e. The van der Waals surface area contributed by atoms with Gasteiger partial charge in [-0.05, 0) is 26.3 Å². The Morgan fingerprint density at radius 1 is 1.54 bits per heavy atom. The fourth-order valence-corrected chi connectivity index (χ4v) is 3.24. The van der Waals surface area contributed by atoms with Crippen LogP contribution in [0.5, 0.6) is 0 Å². The van der Waals surface area contributed by atoms with Crippen LogP contribution in [-0.4, -0.2) is 39.3 Å². The monoisotopic (exact) mass is 334 g/mol. The Labute approximate surface area is 137 Å². The summed E-state index contributed by atoms with van der Waals surface area (Å²) in [4.78, 5) is 29.7. The van der Waals surface area contributed by atoms with Gasteiger partial charge in [0.2, 0.25) is 5.43 Å². The number of aryl methyl sites for hydroxylation is 1. The summed E-state index contributed by atoms with van der Waals surface area (Å²) in [5.74, 6) is -1.84. The molecule has 2 aromatic rings. The summed E-state index contributed by atoms with van der Waals surface area (Å²) in [7, 11) is 0. The molecule has 0 aromatic carbocycles. The molecule has 0 bridgehead atoms. The minimum Gasteiger partial charge on any atom is -0.477 e. The van der Waals surface area contributed by atoms with Crippen LogP contribution in [0.3, 0.4) is 0 Å². The molecule has 0 aliphatic carbocycles. The fraction of sp³-hybridized carbons (Fsp3) is 0.438. The Kier molecular flexibility index (Phi) is 4.00. The summed E-state index contributed by atoms with van der Waals surface area (Å²) < 4.78 is 16.1. The second-order valence-electron chi connectivity index (χ2n) is 6.13. The molecule has 8 heteroatoms. The lowest BCUT2D eigenvalue weighted by atomic mass is 10.2. The normalized spacial score (nSPS) is 20.8. The number of carboxylic acid groups (broad SMARTS) is 1. The summed E-state index contributed by atoms with van der Waals surface area (Å²) >= 11 is 0. The van der Waals surface area contributed by atoms with Crippen LogP contribution < -0.4 is 16.1 Å². The van der Waals surface area contributed by atoms with E-state index in [4.69, 9.17) is 10.8 Å². The second-order valence-corrected chi connectivity index (χ2v) is 6.13. The molecule has 3 N–H and O–H groups in total. The van der Waals surface area contributed by atoms with Crippen LogP contribution in [-0.2, 0) is 6.54 Å². The summed E-state index contributed by atoms with van der Waals surface area (Å²) in [6.07, 6.45) is 1.98. The van der Waals surface area contributed by atoms with Gasteiger partial charge in [0.25, 0.3) is 0 Å². The number of aromatic nitrogens is 2. The molecule has 2 unspecified atom stereocenters. The molecule has 0 saturated carbocycles. The molecule has 0 radical (unpaired) electrons. The van der Waals surface area contributed by atoms with Crippen molar-refractivity contribution >= 4 is 22.8 Å². The first kappa shape index (κ1) is 16.4. The standard InChI is InChI=1S/C16H19FN4O3/c1-3-20-7-11(16(23)24)13(22)10-5-12(17)15(19-14(10)20)21-6-9(18)4-8(21)2/h5,7-9H,3-4,6,18H2,1-2H3,(H,23,24). The topological polar surface area (TPSA) is 101 Å². The van der Waals surface area contributed by atoms with Crippen molar-refractivity contribution in [2.45, 2.75) is 38.9 Å². The SMILES string of the molecule is CCn1cc(C(=O)O)c(=O)c2cc(F)c(N3CC(N)CC3C)nc21. The van der Waals surface area contributed by atoms with E-state index in [1.807, 2.05) is 6.92 Å². The molecule has 24 heavy (non-hydrogen) atoms. The Bertz CT molecular complexity index is 880. The fourth-order valence-electron chi connectivity index (χ4n) is 3.24. The van der Waals surface area contributed by atoms with E-state index < -0.39 is 22.8 Å². The number of nitrogens with two attached hydrogens (primary N) is 1. The number of hydrogen-bond donors (Lipinski definition) is 2. The zero-order chi connectivity index (χ0) is 17.6. The first-order chi connectivity index (χ1) is 11.3. The van der Waals surface area contributed by atoms with Crippen molar-refractivity contribution in [3.8, 4) is 0 Å². The van der Waals surface area contributed by atoms with Gasteiger partial charge in [0.15, 0.2) is 11.6 Å². The van der Waals surface area contributed by atoms with E-state index in [0.29, 0.717) is 13.1 Å². The van der Waals surface area contributed by atoms with Gasteiger partial charge in [0.05, 0.1) is 5.39 Å². The third-order valence-electron chi connectivity index (χ3n) is 4.43. The Morgan fingerprint density at radius 2 is 2.25 bits per heavy atom. The predicted molar refractivity (Wildman–Crippen MR) is 88.0 cm³/mol. The average Bonchev–Trinajstić information content (AvgIpc) is 2.85. The minimum absolute atomic E-state index is 0.0332. The van der Waals surface area contributed by atoms with E-state index in [-0.39, 0.29) is 28.9 Å². The van der Waals surface area contributed by atoms with Crippen LogP contribution in [0.2, 0.25) is 0 Å². The Hall–Kier alpha value is -2.48. The van der Waals surface area contributed by atoms with E-state index in [9.17, 15) is 14.0 Å². The van der Waals surface area contributed by atoms with Crippen molar-refractivity contribution in [2.24, 2.45) is 5.73 Å². The number of hydrogen-bond acceptors (Lipinski definition) is 5. The molecule has 2 aromatic heterocycles. The molecule has 3 heterocycles. The van der Waals surface area contributed by atoms with Gasteiger partial charge in [0.1, 0.15) is 11.2 Å². The number of pyridine rings is 2. The maximum atomic E-state index is 14.6. The molecule has 128 valence electrons. The summed E-state index contributed by atoms with van der Waals surface area (Å²) in [6, 6.07) is 1.06. The van der Waals surface area contributed by atoms with E-state index in [0.717, 1.165) is 12.5 Å². The summed E-state index contributed by atoms with van der Waals surface area (Å²) in [5, 5.41) is 9.12. The molecule has 1 saturated heterocycles. The third-order valence-corrected chi connectivity index (χ3v) is 4.43. The van der Waals surface area contributed by atoms with Crippen molar-refractivity contribution in [1.29, 1.82) is 0 Å². The lowest BCUT2D eigenvalue weighted by molar-refractivity contribution is 0.0695. The zero-order valence-corrected chi connectivity index (χ0v) is 13.5. The summed E-state index contributed by atoms with van der Waals surface area (Å²) in [5.41, 5.74) is 5.09. The number of fused-ring (bicyclic) bond motifs is 1. The number of rotatable bonds is 3. The van der Waals surface area contributed by atoms with E-state index in [1.165, 1.54) is 6.20 Å². The van der Waals surface area contributed by atoms with Crippen molar-refractivity contribution in [2.75, 3.05) is 11.4 Å². The van der Waals surface area contributed by atoms with Gasteiger partial charge >= 0.3 is 5.97 Å². The number of aromatic carboxylic acids is 1. The summed E-state index contributed by atoms with van der Waals surface area (Å²) in [6.45, 7) is 4.64. The van der Waals surface area contributed by atoms with Crippen molar-refractivity contribution < 1.29 is 14.3 Å². The number of nitrogens with zero attached hydrogens (tertiary/aromatic N) is 3. The van der Waals surface area contributed by atoms with Gasteiger partial charge in [-0.3, -0.25) is 4.79 Å². The van der Waals surface area contributed by atoms with Gasteiger partial charge < -0.3 is 20.3 Å². The van der Waals surface area contributed by atoms with E-state index in [2.05, 4.69) is 4.98 Å². The molecule has 0 amide bonds. The first-order valence-corrected chi connectivity index (χ1v) is 7.82. The van der Waals surface area contributed by atoms with Crippen LogP contribution in [0, 0.1) is 5.82 Å². The van der Waals surface area contributed by atoms with Gasteiger partial charge in [0, 0.05) is 31.4 Å². The Balaban J connectivity index is 2.26. The molecular formula is C16H19FN4O3. The van der Waals surface area contributed by atoms with Crippen molar-refractivity contribution in [3.05, 3.63) is 33.9 Å². The van der Waals surface area contributed by atoms with Crippen LogP contribution in [0.25, 0.3) is 11.0 Å².